The molecule has 0 N–H and O–H groups in total. The number of aryl methyl sites for hydroxylation is 1. The Kier molecular flexibility index (Phi) is 2.78. The van der Waals surface area contributed by atoms with Crippen LogP contribution in [-0.2, 0) is 9.53 Å². The second-order valence-corrected chi connectivity index (χ2v) is 5.39. The first-order valence-corrected chi connectivity index (χ1v) is 6.97. The number of nitrogens with zero attached hydrogens (tertiary/aromatic N) is 2. The van der Waals surface area contributed by atoms with Crippen molar-refractivity contribution in [3.63, 3.8) is 0 Å². The predicted molar refractivity (Wildman–Crippen MR) is 69.6 cm³/mol. The molecule has 4 nitrogen and oxygen atoms in total. The molecule has 2 atom stereocenters. The van der Waals surface area contributed by atoms with E-state index in [2.05, 4.69) is 9.97 Å². The normalized spacial score (nSPS) is 22.1. The van der Waals surface area contributed by atoms with Crippen LogP contribution in [0, 0.1) is 12.8 Å². The summed E-state index contributed by atoms with van der Waals surface area (Å²) in [6.07, 6.45) is 0.847. The number of hydrogen-bond donors (Lipinski definition) is 0. The Labute approximate surface area is 109 Å². The summed E-state index contributed by atoms with van der Waals surface area (Å²) in [5.41, 5.74) is 1.01. The Morgan fingerprint density at radius 1 is 1.56 bits per heavy atom. The number of thiophene rings is 1. The average Bonchev–Trinajstić information content (AvgIpc) is 3.00. The van der Waals surface area contributed by atoms with E-state index in [0.717, 1.165) is 28.2 Å². The van der Waals surface area contributed by atoms with Crippen molar-refractivity contribution < 1.29 is 9.53 Å². The van der Waals surface area contributed by atoms with E-state index in [4.69, 9.17) is 4.74 Å². The summed E-state index contributed by atoms with van der Waals surface area (Å²) in [6, 6.07) is 2.04. The van der Waals surface area contributed by atoms with E-state index in [0.29, 0.717) is 6.61 Å². The molecular formula is C13H14N2O2S. The maximum atomic E-state index is 11.7. The van der Waals surface area contributed by atoms with Gasteiger partial charge in [-0.05, 0) is 31.7 Å². The molecule has 0 radical (unpaired) electrons. The zero-order chi connectivity index (χ0) is 12.7. The van der Waals surface area contributed by atoms with E-state index in [-0.39, 0.29) is 17.8 Å². The highest BCUT2D eigenvalue weighted by atomic mass is 32.1. The van der Waals surface area contributed by atoms with E-state index in [1.54, 1.807) is 11.3 Å². The SMILES string of the molecule is CCOC(=O)C1CC1c1nc(C)nc2sccc12. The minimum Gasteiger partial charge on any atom is -0.466 e. The number of carbonyl (C=O) groups excluding carboxylic acids is 1. The van der Waals surface area contributed by atoms with Crippen LogP contribution in [0.4, 0.5) is 0 Å². The van der Waals surface area contributed by atoms with Gasteiger partial charge in [-0.1, -0.05) is 0 Å². The Morgan fingerprint density at radius 2 is 2.39 bits per heavy atom. The minimum atomic E-state index is -0.0952. The summed E-state index contributed by atoms with van der Waals surface area (Å²) in [5.74, 6) is 0.877. The number of ether oxygens (including phenoxy) is 1. The van der Waals surface area contributed by atoms with Crippen molar-refractivity contribution in [1.82, 2.24) is 9.97 Å². The molecule has 1 fully saturated rings. The molecular weight excluding hydrogens is 248 g/mol. The van der Waals surface area contributed by atoms with Gasteiger partial charge in [0.15, 0.2) is 0 Å². The topological polar surface area (TPSA) is 52.1 Å². The summed E-state index contributed by atoms with van der Waals surface area (Å²) in [4.78, 5) is 21.6. The fraction of sp³-hybridized carbons (Fsp3) is 0.462. The van der Waals surface area contributed by atoms with Gasteiger partial charge < -0.3 is 4.74 Å². The van der Waals surface area contributed by atoms with Gasteiger partial charge in [-0.2, -0.15) is 0 Å². The molecule has 0 aromatic carbocycles. The van der Waals surface area contributed by atoms with Gasteiger partial charge in [-0.25, -0.2) is 9.97 Å². The minimum absolute atomic E-state index is 0.0117. The monoisotopic (exact) mass is 262 g/mol. The number of esters is 1. The molecule has 2 unspecified atom stereocenters. The molecule has 1 aliphatic rings. The smallest absolute Gasteiger partial charge is 0.309 e. The molecule has 0 saturated heterocycles. The zero-order valence-electron chi connectivity index (χ0n) is 10.3. The van der Waals surface area contributed by atoms with E-state index >= 15 is 0 Å². The van der Waals surface area contributed by atoms with Crippen molar-refractivity contribution in [2.75, 3.05) is 6.61 Å². The van der Waals surface area contributed by atoms with Gasteiger partial charge in [0.25, 0.3) is 0 Å². The molecule has 0 amide bonds. The third kappa shape index (κ3) is 1.88. The summed E-state index contributed by atoms with van der Waals surface area (Å²) in [7, 11) is 0. The molecule has 5 heteroatoms. The fourth-order valence-electron chi connectivity index (χ4n) is 2.28. The van der Waals surface area contributed by atoms with E-state index < -0.39 is 0 Å². The Morgan fingerprint density at radius 3 is 3.17 bits per heavy atom. The van der Waals surface area contributed by atoms with Crippen LogP contribution < -0.4 is 0 Å². The van der Waals surface area contributed by atoms with Crippen molar-refractivity contribution in [3.05, 3.63) is 23.0 Å². The molecule has 1 aliphatic carbocycles. The average molecular weight is 262 g/mol. The molecule has 3 rings (SSSR count). The zero-order valence-corrected chi connectivity index (χ0v) is 11.2. The summed E-state index contributed by atoms with van der Waals surface area (Å²) in [5, 5.41) is 3.10. The summed E-state index contributed by atoms with van der Waals surface area (Å²) < 4.78 is 5.06. The van der Waals surface area contributed by atoms with Crippen LogP contribution in [0.5, 0.6) is 0 Å². The van der Waals surface area contributed by atoms with Crippen LogP contribution in [0.15, 0.2) is 11.4 Å². The van der Waals surface area contributed by atoms with Gasteiger partial charge in [-0.3, -0.25) is 4.79 Å². The first-order chi connectivity index (χ1) is 8.70. The lowest BCUT2D eigenvalue weighted by molar-refractivity contribution is -0.144. The maximum absolute atomic E-state index is 11.7. The van der Waals surface area contributed by atoms with Crippen LogP contribution in [0.3, 0.4) is 0 Å². The number of hydrogen-bond acceptors (Lipinski definition) is 5. The highest BCUT2D eigenvalue weighted by molar-refractivity contribution is 7.16. The Bertz CT molecular complexity index is 608. The quantitative estimate of drug-likeness (QED) is 0.798. The van der Waals surface area contributed by atoms with Crippen LogP contribution in [0.2, 0.25) is 0 Å². The predicted octanol–water partition coefficient (Wildman–Crippen LogP) is 2.67. The number of rotatable bonds is 3. The molecule has 2 aromatic heterocycles. The molecule has 0 bridgehead atoms. The second kappa shape index (κ2) is 4.31. The van der Waals surface area contributed by atoms with Crippen LogP contribution >= 0.6 is 11.3 Å². The van der Waals surface area contributed by atoms with Gasteiger partial charge in [0.1, 0.15) is 10.7 Å². The molecule has 18 heavy (non-hydrogen) atoms. The van der Waals surface area contributed by atoms with E-state index in [1.807, 2.05) is 25.3 Å². The second-order valence-electron chi connectivity index (χ2n) is 4.50. The summed E-state index contributed by atoms with van der Waals surface area (Å²) in [6.45, 7) is 4.17. The van der Waals surface area contributed by atoms with Crippen LogP contribution in [0.1, 0.15) is 30.8 Å². The number of carbonyl (C=O) groups is 1. The Balaban J connectivity index is 1.92. The number of aromatic nitrogens is 2. The van der Waals surface area contributed by atoms with Crippen molar-refractivity contribution in [2.45, 2.75) is 26.2 Å². The van der Waals surface area contributed by atoms with E-state index in [9.17, 15) is 4.79 Å². The third-order valence-electron chi connectivity index (χ3n) is 3.20. The molecule has 0 aliphatic heterocycles. The maximum Gasteiger partial charge on any atom is 0.309 e. The lowest BCUT2D eigenvalue weighted by Gasteiger charge is -2.03. The standard InChI is InChI=1S/C13H14N2O2S/c1-3-17-13(16)10-6-9(10)11-8-4-5-18-12(8)15-7(2)14-11/h4-5,9-10H,3,6H2,1-2H3. The first kappa shape index (κ1) is 11.6. The largest absolute Gasteiger partial charge is 0.466 e. The highest BCUT2D eigenvalue weighted by Crippen LogP contribution is 2.49. The van der Waals surface area contributed by atoms with Gasteiger partial charge in [0.05, 0.1) is 18.2 Å². The van der Waals surface area contributed by atoms with Gasteiger partial charge in [-0.15, -0.1) is 11.3 Å². The van der Waals surface area contributed by atoms with Gasteiger partial charge in [0.2, 0.25) is 0 Å². The molecule has 1 saturated carbocycles. The van der Waals surface area contributed by atoms with Crippen molar-refractivity contribution in [1.29, 1.82) is 0 Å². The lowest BCUT2D eigenvalue weighted by atomic mass is 10.1. The Hall–Kier alpha value is -1.49. The molecule has 0 spiro atoms. The van der Waals surface area contributed by atoms with Crippen molar-refractivity contribution in [2.24, 2.45) is 5.92 Å². The molecule has 2 heterocycles. The lowest BCUT2D eigenvalue weighted by Crippen LogP contribution is -2.08. The van der Waals surface area contributed by atoms with Gasteiger partial charge >= 0.3 is 5.97 Å². The van der Waals surface area contributed by atoms with Crippen molar-refractivity contribution in [3.8, 4) is 0 Å². The van der Waals surface area contributed by atoms with Gasteiger partial charge in [0, 0.05) is 11.3 Å². The summed E-state index contributed by atoms with van der Waals surface area (Å²) >= 11 is 1.61. The molecule has 2 aromatic rings. The third-order valence-corrected chi connectivity index (χ3v) is 4.00. The van der Waals surface area contributed by atoms with Crippen LogP contribution in [0.25, 0.3) is 10.2 Å². The first-order valence-electron chi connectivity index (χ1n) is 6.09. The fourth-order valence-corrected chi connectivity index (χ4v) is 3.10. The molecule has 94 valence electrons. The highest BCUT2D eigenvalue weighted by Gasteiger charge is 2.47. The van der Waals surface area contributed by atoms with E-state index in [1.165, 1.54) is 0 Å². The van der Waals surface area contributed by atoms with Crippen LogP contribution in [-0.4, -0.2) is 22.5 Å². The van der Waals surface area contributed by atoms with Crippen molar-refractivity contribution >= 4 is 27.5 Å². The number of fused-ring (bicyclic) bond motifs is 1.